The maximum absolute atomic E-state index is 13.4. The first-order valence-electron chi connectivity index (χ1n) is 11.4. The van der Waals surface area contributed by atoms with Crippen LogP contribution in [0, 0.1) is 0 Å². The van der Waals surface area contributed by atoms with Crippen LogP contribution in [0.2, 0.25) is 0 Å². The second-order valence-electron chi connectivity index (χ2n) is 9.02. The van der Waals surface area contributed by atoms with E-state index in [2.05, 4.69) is 0 Å². The highest BCUT2D eigenvalue weighted by molar-refractivity contribution is 6.04. The summed E-state index contributed by atoms with van der Waals surface area (Å²) in [6.45, 7) is 1.02. The predicted molar refractivity (Wildman–Crippen MR) is 118 cm³/mol. The van der Waals surface area contributed by atoms with Crippen molar-refractivity contribution >= 4 is 17.7 Å². The minimum Gasteiger partial charge on any atom is -0.489 e. The van der Waals surface area contributed by atoms with Crippen LogP contribution in [-0.4, -0.2) is 51.7 Å². The predicted octanol–water partition coefficient (Wildman–Crippen LogP) is 3.52. The summed E-state index contributed by atoms with van der Waals surface area (Å²) in [4.78, 5) is 39.2. The van der Waals surface area contributed by atoms with E-state index in [4.69, 9.17) is 4.74 Å². The van der Waals surface area contributed by atoms with Gasteiger partial charge in [-0.15, -0.1) is 0 Å². The average molecular weight is 469 g/mol. The molecule has 0 aromatic heterocycles. The Balaban J connectivity index is 1.24. The van der Waals surface area contributed by atoms with Gasteiger partial charge in [0.1, 0.15) is 12.4 Å². The molecule has 0 radical (unpaired) electrons. The first kappa shape index (κ1) is 22.5. The van der Waals surface area contributed by atoms with Crippen molar-refractivity contribution in [2.45, 2.75) is 51.3 Å². The number of nitrogens with zero attached hydrogens (tertiary/aromatic N) is 3. The Morgan fingerprint density at radius 3 is 2.32 bits per heavy atom. The van der Waals surface area contributed by atoms with Gasteiger partial charge in [-0.05, 0) is 29.7 Å². The monoisotopic (exact) mass is 469 g/mol. The van der Waals surface area contributed by atoms with Crippen molar-refractivity contribution in [1.82, 2.24) is 14.9 Å². The van der Waals surface area contributed by atoms with Gasteiger partial charge in [0, 0.05) is 37.9 Å². The Labute approximate surface area is 195 Å². The van der Waals surface area contributed by atoms with Crippen molar-refractivity contribution in [3.05, 3.63) is 64.7 Å². The third-order valence-corrected chi connectivity index (χ3v) is 6.47. The number of imide groups is 1. The third kappa shape index (κ3) is 4.40. The van der Waals surface area contributed by atoms with Crippen LogP contribution in [0.4, 0.5) is 8.78 Å². The number of halogens is 2. The lowest BCUT2D eigenvalue weighted by atomic mass is 10.1. The fraction of sp³-hybridized carbons (Fsp3) is 0.400. The SMILES string of the molecule is O=C1c2cccc(OCc3ccc(CN4CCC(F)(F)C4)cc3)c2CN1N1C(=O)CCCC1=O. The van der Waals surface area contributed by atoms with Crippen LogP contribution in [0.15, 0.2) is 42.5 Å². The molecule has 178 valence electrons. The molecule has 5 rings (SSSR count). The Morgan fingerprint density at radius 1 is 0.941 bits per heavy atom. The molecule has 0 aliphatic carbocycles. The van der Waals surface area contributed by atoms with Crippen LogP contribution in [0.25, 0.3) is 0 Å². The molecule has 7 nitrogen and oxygen atoms in total. The number of hydrazine groups is 1. The molecular weight excluding hydrogens is 444 g/mol. The Kier molecular flexibility index (Phi) is 5.81. The molecule has 34 heavy (non-hydrogen) atoms. The van der Waals surface area contributed by atoms with Gasteiger partial charge in [-0.1, -0.05) is 30.3 Å². The molecule has 3 aliphatic heterocycles. The highest BCUT2D eigenvalue weighted by atomic mass is 19.3. The molecule has 2 fully saturated rings. The third-order valence-electron chi connectivity index (χ3n) is 6.47. The number of hydrogen-bond acceptors (Lipinski definition) is 5. The van der Waals surface area contributed by atoms with Crippen molar-refractivity contribution < 1.29 is 27.9 Å². The Morgan fingerprint density at radius 2 is 1.65 bits per heavy atom. The van der Waals surface area contributed by atoms with Crippen LogP contribution in [-0.2, 0) is 29.3 Å². The fourth-order valence-electron chi connectivity index (χ4n) is 4.70. The maximum atomic E-state index is 13.4. The zero-order valence-corrected chi connectivity index (χ0v) is 18.6. The van der Waals surface area contributed by atoms with E-state index in [1.54, 1.807) is 23.1 Å². The first-order valence-corrected chi connectivity index (χ1v) is 11.4. The van der Waals surface area contributed by atoms with E-state index in [9.17, 15) is 23.2 Å². The second-order valence-corrected chi connectivity index (χ2v) is 9.02. The quantitative estimate of drug-likeness (QED) is 0.606. The van der Waals surface area contributed by atoms with Crippen LogP contribution in [0.5, 0.6) is 5.75 Å². The van der Waals surface area contributed by atoms with E-state index < -0.39 is 5.92 Å². The van der Waals surface area contributed by atoms with Gasteiger partial charge in [-0.3, -0.25) is 19.3 Å². The lowest BCUT2D eigenvalue weighted by molar-refractivity contribution is -0.163. The molecule has 0 N–H and O–H groups in total. The molecule has 2 aromatic rings. The molecule has 3 aliphatic rings. The molecule has 3 amide bonds. The number of carbonyl (C=O) groups is 3. The van der Waals surface area contributed by atoms with E-state index in [0.717, 1.165) is 16.1 Å². The van der Waals surface area contributed by atoms with Crippen molar-refractivity contribution in [1.29, 1.82) is 0 Å². The van der Waals surface area contributed by atoms with Gasteiger partial charge in [-0.2, -0.15) is 5.01 Å². The number of hydrogen-bond donors (Lipinski definition) is 0. The van der Waals surface area contributed by atoms with E-state index in [1.807, 2.05) is 24.3 Å². The van der Waals surface area contributed by atoms with Gasteiger partial charge in [0.15, 0.2) is 0 Å². The molecular formula is C25H25F2N3O4. The standard InChI is InChI=1S/C25H25F2N3O4/c26-25(27)11-12-28(16-25)13-17-7-9-18(10-8-17)15-34-21-4-1-3-19-20(21)14-29(24(19)33)30-22(31)5-2-6-23(30)32/h1,3-4,7-10H,2,5-6,11-16H2. The van der Waals surface area contributed by atoms with E-state index in [0.29, 0.717) is 36.4 Å². The minimum absolute atomic E-state index is 0.0969. The van der Waals surface area contributed by atoms with Gasteiger partial charge >= 0.3 is 0 Å². The highest BCUT2D eigenvalue weighted by Crippen LogP contribution is 2.34. The molecule has 3 heterocycles. The lowest BCUT2D eigenvalue weighted by Gasteiger charge is -2.32. The minimum atomic E-state index is -2.60. The number of ether oxygens (including phenoxy) is 1. The van der Waals surface area contributed by atoms with E-state index in [-0.39, 0.29) is 56.7 Å². The Bertz CT molecular complexity index is 1120. The highest BCUT2D eigenvalue weighted by Gasteiger charge is 2.40. The summed E-state index contributed by atoms with van der Waals surface area (Å²) in [5, 5.41) is 2.18. The molecule has 0 saturated carbocycles. The molecule has 0 atom stereocenters. The van der Waals surface area contributed by atoms with Crippen LogP contribution in [0.1, 0.15) is 52.7 Å². The van der Waals surface area contributed by atoms with Crippen molar-refractivity contribution in [2.24, 2.45) is 0 Å². The number of carbonyl (C=O) groups excluding carboxylic acids is 3. The number of benzene rings is 2. The maximum Gasteiger partial charge on any atom is 0.273 e. The number of alkyl halides is 2. The van der Waals surface area contributed by atoms with Gasteiger partial charge in [-0.25, -0.2) is 13.8 Å². The molecule has 2 saturated heterocycles. The van der Waals surface area contributed by atoms with Gasteiger partial charge in [0.2, 0.25) is 11.8 Å². The Hall–Kier alpha value is -3.33. The topological polar surface area (TPSA) is 70.2 Å². The van der Waals surface area contributed by atoms with Crippen molar-refractivity contribution in [3.63, 3.8) is 0 Å². The second kappa shape index (κ2) is 8.79. The number of piperidine rings is 1. The summed E-state index contributed by atoms with van der Waals surface area (Å²) in [5.74, 6) is -3.19. The fourth-order valence-corrected chi connectivity index (χ4v) is 4.70. The van der Waals surface area contributed by atoms with Crippen LogP contribution >= 0.6 is 0 Å². The number of rotatable bonds is 6. The largest absolute Gasteiger partial charge is 0.489 e. The molecule has 0 spiro atoms. The first-order chi connectivity index (χ1) is 16.3. The molecule has 2 aromatic carbocycles. The van der Waals surface area contributed by atoms with E-state index in [1.165, 1.54) is 5.01 Å². The molecule has 0 unspecified atom stereocenters. The normalized spacial score (nSPS) is 20.2. The summed E-state index contributed by atoms with van der Waals surface area (Å²) < 4.78 is 32.8. The zero-order valence-electron chi connectivity index (χ0n) is 18.6. The molecule has 9 heteroatoms. The van der Waals surface area contributed by atoms with E-state index >= 15 is 0 Å². The smallest absolute Gasteiger partial charge is 0.273 e. The summed E-state index contributed by atoms with van der Waals surface area (Å²) in [5.41, 5.74) is 2.92. The van der Waals surface area contributed by atoms with Gasteiger partial charge in [0.05, 0.1) is 18.7 Å². The van der Waals surface area contributed by atoms with Crippen molar-refractivity contribution in [3.8, 4) is 5.75 Å². The lowest BCUT2D eigenvalue weighted by Crippen LogP contribution is -2.52. The average Bonchev–Trinajstić information content (AvgIpc) is 3.32. The molecule has 0 bridgehead atoms. The van der Waals surface area contributed by atoms with Crippen molar-refractivity contribution in [2.75, 3.05) is 13.1 Å². The summed E-state index contributed by atoms with van der Waals surface area (Å²) in [7, 11) is 0. The van der Waals surface area contributed by atoms with Crippen LogP contribution in [0.3, 0.4) is 0 Å². The zero-order chi connectivity index (χ0) is 23.9. The van der Waals surface area contributed by atoms with Crippen LogP contribution < -0.4 is 4.74 Å². The van der Waals surface area contributed by atoms with Gasteiger partial charge in [0.25, 0.3) is 11.8 Å². The number of fused-ring (bicyclic) bond motifs is 1. The summed E-state index contributed by atoms with van der Waals surface area (Å²) in [6.07, 6.45) is 0.887. The number of amides is 3. The van der Waals surface area contributed by atoms with Gasteiger partial charge < -0.3 is 4.74 Å². The summed E-state index contributed by atoms with van der Waals surface area (Å²) >= 11 is 0. The summed E-state index contributed by atoms with van der Waals surface area (Å²) in [6, 6.07) is 12.7. The number of likely N-dealkylation sites (tertiary alicyclic amines) is 1.